The zero-order valence-corrected chi connectivity index (χ0v) is 16.2. The van der Waals surface area contributed by atoms with E-state index in [9.17, 15) is 9.90 Å². The van der Waals surface area contributed by atoms with E-state index in [4.69, 9.17) is 9.47 Å². The van der Waals surface area contributed by atoms with Crippen LogP contribution in [0.1, 0.15) is 59.8 Å². The molecule has 0 radical (unpaired) electrons. The lowest BCUT2D eigenvalue weighted by molar-refractivity contribution is -0.136. The highest BCUT2D eigenvalue weighted by molar-refractivity contribution is 5.88. The van der Waals surface area contributed by atoms with Crippen LogP contribution in [0.3, 0.4) is 0 Å². The second-order valence-electron chi connectivity index (χ2n) is 8.00. The highest BCUT2D eigenvalue weighted by Gasteiger charge is 2.50. The Morgan fingerprint density at radius 3 is 2.68 bits per heavy atom. The Bertz CT molecular complexity index is 583. The molecule has 0 aromatic carbocycles. The third kappa shape index (κ3) is 5.55. The Morgan fingerprint density at radius 1 is 1.32 bits per heavy atom. The summed E-state index contributed by atoms with van der Waals surface area (Å²) in [6, 6.07) is 0. The summed E-state index contributed by atoms with van der Waals surface area (Å²) in [6.07, 6.45) is 11.6. The Labute approximate surface area is 151 Å². The van der Waals surface area contributed by atoms with Crippen molar-refractivity contribution in [3.05, 3.63) is 35.5 Å². The summed E-state index contributed by atoms with van der Waals surface area (Å²) in [5.74, 6) is 0.0820. The molecule has 1 fully saturated rings. The first kappa shape index (κ1) is 19.9. The average Bonchev–Trinajstić information content (AvgIpc) is 3.18. The standard InChI is InChI=1S/C21H32O4/c1-15(2)16-7-8-17(19(22)24-5)9-10-18-21(4,25-18)13-6-12-20(3,23)14-11-16/h6-8,12,15,18,23H,9-11,13-14H2,1-5H3. The van der Waals surface area contributed by atoms with E-state index in [-0.39, 0.29) is 17.7 Å². The lowest BCUT2D eigenvalue weighted by atomic mass is 9.89. The third-order valence-corrected chi connectivity index (χ3v) is 5.32. The van der Waals surface area contributed by atoms with Crippen molar-refractivity contribution in [1.29, 1.82) is 0 Å². The molecule has 0 saturated carbocycles. The van der Waals surface area contributed by atoms with Crippen molar-refractivity contribution in [1.82, 2.24) is 0 Å². The molecule has 1 saturated heterocycles. The predicted octanol–water partition coefficient (Wildman–Crippen LogP) is 4.10. The molecule has 3 atom stereocenters. The van der Waals surface area contributed by atoms with E-state index in [2.05, 4.69) is 20.8 Å². The van der Waals surface area contributed by atoms with E-state index in [0.717, 1.165) is 19.3 Å². The molecule has 4 heteroatoms. The fraction of sp³-hybridized carbons (Fsp3) is 0.667. The van der Waals surface area contributed by atoms with Crippen molar-refractivity contribution in [2.45, 2.75) is 77.1 Å². The molecular weight excluding hydrogens is 316 g/mol. The fourth-order valence-corrected chi connectivity index (χ4v) is 3.31. The zero-order valence-electron chi connectivity index (χ0n) is 16.2. The highest BCUT2D eigenvalue weighted by Crippen LogP contribution is 2.43. The Balaban J connectivity index is 2.28. The Morgan fingerprint density at radius 2 is 2.04 bits per heavy atom. The normalized spacial score (nSPS) is 33.8. The van der Waals surface area contributed by atoms with Crippen LogP contribution in [0.2, 0.25) is 0 Å². The van der Waals surface area contributed by atoms with Crippen LogP contribution >= 0.6 is 0 Å². The van der Waals surface area contributed by atoms with Gasteiger partial charge in [-0.25, -0.2) is 4.79 Å². The zero-order chi connectivity index (χ0) is 18.7. The van der Waals surface area contributed by atoms with Gasteiger partial charge < -0.3 is 14.6 Å². The SMILES string of the molecule is COC(=O)C1=CC=C(C(C)C)CCC(C)(O)C=CCC2(C)OC2CC1. The third-order valence-electron chi connectivity index (χ3n) is 5.32. The number of fused-ring (bicyclic) bond motifs is 1. The van der Waals surface area contributed by atoms with E-state index in [0.29, 0.717) is 24.3 Å². The number of rotatable bonds is 2. The fourth-order valence-electron chi connectivity index (χ4n) is 3.31. The first-order valence-electron chi connectivity index (χ1n) is 9.23. The van der Waals surface area contributed by atoms with Crippen LogP contribution in [0, 0.1) is 5.92 Å². The number of methoxy groups -OCH3 is 1. The summed E-state index contributed by atoms with van der Waals surface area (Å²) in [6.45, 7) is 8.20. The molecule has 2 aliphatic rings. The van der Waals surface area contributed by atoms with Gasteiger partial charge in [-0.1, -0.05) is 43.7 Å². The molecule has 3 unspecified atom stereocenters. The summed E-state index contributed by atoms with van der Waals surface area (Å²) in [7, 11) is 1.42. The number of ether oxygens (including phenoxy) is 2. The van der Waals surface area contributed by atoms with Gasteiger partial charge in [-0.05, 0) is 51.9 Å². The van der Waals surface area contributed by atoms with Gasteiger partial charge in [0.1, 0.15) is 0 Å². The molecule has 140 valence electrons. The molecule has 1 aliphatic carbocycles. The van der Waals surface area contributed by atoms with E-state index in [1.807, 2.05) is 31.2 Å². The largest absolute Gasteiger partial charge is 0.466 e. The number of allylic oxidation sites excluding steroid dienone is 3. The summed E-state index contributed by atoms with van der Waals surface area (Å²) in [5.41, 5.74) is 0.877. The van der Waals surface area contributed by atoms with Crippen LogP contribution < -0.4 is 0 Å². The van der Waals surface area contributed by atoms with Crippen LogP contribution in [0.25, 0.3) is 0 Å². The molecule has 0 amide bonds. The van der Waals surface area contributed by atoms with Gasteiger partial charge in [0.05, 0.1) is 24.4 Å². The maximum absolute atomic E-state index is 12.1. The van der Waals surface area contributed by atoms with Crippen LogP contribution in [-0.2, 0) is 14.3 Å². The van der Waals surface area contributed by atoms with E-state index in [1.165, 1.54) is 12.7 Å². The van der Waals surface area contributed by atoms with Gasteiger partial charge in [-0.2, -0.15) is 0 Å². The summed E-state index contributed by atoms with van der Waals surface area (Å²) in [4.78, 5) is 12.1. The first-order chi connectivity index (χ1) is 11.7. The van der Waals surface area contributed by atoms with E-state index < -0.39 is 5.60 Å². The molecule has 0 spiro atoms. The smallest absolute Gasteiger partial charge is 0.333 e. The number of carbonyl (C=O) groups excluding carboxylic acids is 1. The van der Waals surface area contributed by atoms with Gasteiger partial charge in [0.2, 0.25) is 0 Å². The van der Waals surface area contributed by atoms with E-state index in [1.54, 1.807) is 0 Å². The number of aliphatic hydroxyl groups is 1. The molecule has 25 heavy (non-hydrogen) atoms. The Hall–Kier alpha value is -1.39. The van der Waals surface area contributed by atoms with Crippen molar-refractivity contribution in [2.24, 2.45) is 5.92 Å². The van der Waals surface area contributed by atoms with Crippen LogP contribution in [0.15, 0.2) is 35.5 Å². The van der Waals surface area contributed by atoms with Gasteiger partial charge >= 0.3 is 5.97 Å². The summed E-state index contributed by atoms with van der Waals surface area (Å²) < 4.78 is 10.8. The topological polar surface area (TPSA) is 59.1 Å². The maximum atomic E-state index is 12.1. The molecule has 4 nitrogen and oxygen atoms in total. The summed E-state index contributed by atoms with van der Waals surface area (Å²) >= 11 is 0. The number of hydrogen-bond donors (Lipinski definition) is 1. The van der Waals surface area contributed by atoms with Crippen molar-refractivity contribution in [2.75, 3.05) is 7.11 Å². The molecule has 1 N–H and O–H groups in total. The Kier molecular flexibility index (Phi) is 6.28. The van der Waals surface area contributed by atoms with Gasteiger partial charge in [-0.15, -0.1) is 0 Å². The second-order valence-corrected chi connectivity index (χ2v) is 8.00. The monoisotopic (exact) mass is 348 g/mol. The minimum Gasteiger partial charge on any atom is -0.466 e. The number of hydrogen-bond acceptors (Lipinski definition) is 4. The van der Waals surface area contributed by atoms with Crippen molar-refractivity contribution < 1.29 is 19.4 Å². The summed E-state index contributed by atoms with van der Waals surface area (Å²) in [5, 5.41) is 10.6. The van der Waals surface area contributed by atoms with Crippen molar-refractivity contribution in [3.63, 3.8) is 0 Å². The molecule has 0 bridgehead atoms. The van der Waals surface area contributed by atoms with Crippen LogP contribution in [0.5, 0.6) is 0 Å². The minimum absolute atomic E-state index is 0.145. The van der Waals surface area contributed by atoms with Gasteiger partial charge in [0, 0.05) is 5.57 Å². The van der Waals surface area contributed by atoms with Crippen LogP contribution in [0.4, 0.5) is 0 Å². The molecular formula is C21H32O4. The predicted molar refractivity (Wildman–Crippen MR) is 99.1 cm³/mol. The van der Waals surface area contributed by atoms with Gasteiger partial charge in [0.25, 0.3) is 0 Å². The molecule has 1 aliphatic heterocycles. The van der Waals surface area contributed by atoms with Crippen molar-refractivity contribution in [3.8, 4) is 0 Å². The number of carbonyl (C=O) groups is 1. The van der Waals surface area contributed by atoms with Gasteiger partial charge in [-0.3, -0.25) is 0 Å². The molecule has 0 aromatic rings. The molecule has 2 rings (SSSR count). The average molecular weight is 348 g/mol. The second kappa shape index (κ2) is 7.88. The van der Waals surface area contributed by atoms with Gasteiger partial charge in [0.15, 0.2) is 0 Å². The molecule has 1 heterocycles. The van der Waals surface area contributed by atoms with Crippen molar-refractivity contribution >= 4 is 5.97 Å². The number of esters is 1. The minimum atomic E-state index is -0.840. The lowest BCUT2D eigenvalue weighted by Gasteiger charge is -2.21. The van der Waals surface area contributed by atoms with Crippen LogP contribution in [-0.4, -0.2) is 35.5 Å². The van der Waals surface area contributed by atoms with E-state index >= 15 is 0 Å². The lowest BCUT2D eigenvalue weighted by Crippen LogP contribution is -2.21. The first-order valence-corrected chi connectivity index (χ1v) is 9.23. The molecule has 0 aromatic heterocycles. The number of epoxide rings is 1. The highest BCUT2D eigenvalue weighted by atomic mass is 16.6. The maximum Gasteiger partial charge on any atom is 0.333 e. The quantitative estimate of drug-likeness (QED) is 0.464.